The highest BCUT2D eigenvalue weighted by atomic mass is 19.1. The second-order valence-corrected chi connectivity index (χ2v) is 7.89. The highest BCUT2D eigenvalue weighted by Gasteiger charge is 2.23. The van der Waals surface area contributed by atoms with Crippen LogP contribution in [0.5, 0.6) is 0 Å². The lowest BCUT2D eigenvalue weighted by molar-refractivity contribution is 0.102. The smallest absolute Gasteiger partial charge is 0.259 e. The summed E-state index contributed by atoms with van der Waals surface area (Å²) < 4.78 is 17.4. The van der Waals surface area contributed by atoms with Crippen LogP contribution in [0, 0.1) is 12.7 Å². The van der Waals surface area contributed by atoms with Gasteiger partial charge in [0.05, 0.1) is 35.4 Å². The number of aromatic nitrogens is 4. The summed E-state index contributed by atoms with van der Waals surface area (Å²) in [6.07, 6.45) is 3.24. The lowest BCUT2D eigenvalue weighted by Crippen LogP contribution is -2.14. The molecule has 0 unspecified atom stereocenters. The van der Waals surface area contributed by atoms with Crippen molar-refractivity contribution in [3.8, 4) is 16.9 Å². The van der Waals surface area contributed by atoms with E-state index in [9.17, 15) is 9.18 Å². The summed E-state index contributed by atoms with van der Waals surface area (Å²) in [5, 5.41) is 12.0. The van der Waals surface area contributed by atoms with Gasteiger partial charge in [-0.15, -0.1) is 0 Å². The van der Waals surface area contributed by atoms with Crippen LogP contribution >= 0.6 is 0 Å². The molecule has 2 aromatic heterocycles. The molecule has 0 radical (unpaired) electrons. The third-order valence-corrected chi connectivity index (χ3v) is 5.57. The lowest BCUT2D eigenvalue weighted by atomic mass is 10.1. The van der Waals surface area contributed by atoms with Crippen molar-refractivity contribution < 1.29 is 9.18 Å². The van der Waals surface area contributed by atoms with Crippen molar-refractivity contribution in [1.82, 2.24) is 19.6 Å². The lowest BCUT2D eigenvalue weighted by Gasteiger charge is -2.06. The van der Waals surface area contributed by atoms with Crippen LogP contribution in [0.1, 0.15) is 21.6 Å². The molecule has 0 spiro atoms. The number of hydrogen-bond donors (Lipinski definition) is 1. The zero-order chi connectivity index (χ0) is 23.5. The van der Waals surface area contributed by atoms with Gasteiger partial charge in [0.2, 0.25) is 0 Å². The van der Waals surface area contributed by atoms with E-state index in [-0.39, 0.29) is 18.3 Å². The van der Waals surface area contributed by atoms with Gasteiger partial charge in [0.15, 0.2) is 0 Å². The second-order valence-electron chi connectivity index (χ2n) is 7.89. The van der Waals surface area contributed by atoms with Crippen molar-refractivity contribution in [2.45, 2.75) is 13.5 Å². The van der Waals surface area contributed by atoms with Gasteiger partial charge in [0.1, 0.15) is 11.5 Å². The van der Waals surface area contributed by atoms with Crippen LogP contribution in [-0.2, 0) is 6.54 Å². The molecule has 34 heavy (non-hydrogen) atoms. The Labute approximate surface area is 196 Å². The molecule has 1 N–H and O–H groups in total. The summed E-state index contributed by atoms with van der Waals surface area (Å²) in [6.45, 7) is 2.14. The van der Waals surface area contributed by atoms with Gasteiger partial charge in [-0.25, -0.2) is 9.07 Å². The molecule has 3 aromatic carbocycles. The van der Waals surface area contributed by atoms with E-state index < -0.39 is 0 Å². The Balaban J connectivity index is 1.46. The van der Waals surface area contributed by atoms with Gasteiger partial charge in [-0.1, -0.05) is 66.7 Å². The molecule has 0 atom stereocenters. The number of rotatable bonds is 6. The largest absolute Gasteiger partial charge is 0.319 e. The first-order valence-electron chi connectivity index (χ1n) is 10.9. The van der Waals surface area contributed by atoms with Crippen LogP contribution in [0.15, 0.2) is 97.3 Å². The maximum Gasteiger partial charge on any atom is 0.259 e. The fourth-order valence-electron chi connectivity index (χ4n) is 3.90. The van der Waals surface area contributed by atoms with Crippen molar-refractivity contribution in [2.75, 3.05) is 5.32 Å². The van der Waals surface area contributed by atoms with Gasteiger partial charge in [-0.3, -0.25) is 9.48 Å². The molecular weight excluding hydrogens is 429 g/mol. The average Bonchev–Trinajstić information content (AvgIpc) is 3.45. The van der Waals surface area contributed by atoms with Gasteiger partial charge in [-0.05, 0) is 25.1 Å². The van der Waals surface area contributed by atoms with E-state index in [1.165, 1.54) is 6.07 Å². The molecule has 0 aliphatic heterocycles. The van der Waals surface area contributed by atoms with E-state index in [4.69, 9.17) is 5.10 Å². The van der Waals surface area contributed by atoms with Crippen LogP contribution in [0.4, 0.5) is 10.1 Å². The fourth-order valence-corrected chi connectivity index (χ4v) is 3.90. The Hall–Kier alpha value is -4.52. The third-order valence-electron chi connectivity index (χ3n) is 5.57. The van der Waals surface area contributed by atoms with Crippen LogP contribution in [-0.4, -0.2) is 25.5 Å². The molecule has 0 saturated carbocycles. The van der Waals surface area contributed by atoms with Crippen LogP contribution in [0.2, 0.25) is 0 Å². The molecular formula is C27H22FN5O. The first-order valence-corrected chi connectivity index (χ1v) is 10.9. The maximum atomic E-state index is 14.0. The molecule has 0 bridgehead atoms. The average molecular weight is 452 g/mol. The predicted octanol–water partition coefficient (Wildman–Crippen LogP) is 5.48. The molecule has 168 valence electrons. The number of nitrogens with zero attached hydrogens (tertiary/aromatic N) is 4. The van der Waals surface area contributed by atoms with Crippen molar-refractivity contribution in [2.24, 2.45) is 0 Å². The molecule has 6 nitrogen and oxygen atoms in total. The first-order chi connectivity index (χ1) is 16.6. The number of amides is 1. The summed E-state index contributed by atoms with van der Waals surface area (Å²) in [6, 6.07) is 25.9. The number of carbonyl (C=O) groups is 1. The van der Waals surface area contributed by atoms with Crippen LogP contribution in [0.25, 0.3) is 16.9 Å². The maximum absolute atomic E-state index is 14.0. The summed E-state index contributed by atoms with van der Waals surface area (Å²) in [5.41, 5.74) is 4.56. The molecule has 0 aliphatic rings. The quantitative estimate of drug-likeness (QED) is 0.372. The summed E-state index contributed by atoms with van der Waals surface area (Å²) in [5.74, 6) is -0.580. The van der Waals surface area contributed by atoms with Crippen molar-refractivity contribution in [3.63, 3.8) is 0 Å². The molecule has 7 heteroatoms. The van der Waals surface area contributed by atoms with Gasteiger partial charge >= 0.3 is 0 Å². The minimum absolute atomic E-state index is 0.267. The standard InChI is InChI=1S/C27H22FN5O/c1-19-25(26(20-10-4-2-5-11-20)31-33(19)23-13-6-3-7-14-23)27(34)30-22-16-29-32(18-22)17-21-12-8-9-15-24(21)28/h2-16,18H,17H2,1H3,(H,30,34). The normalized spacial score (nSPS) is 10.9. The van der Waals surface area contributed by atoms with E-state index in [0.717, 1.165) is 16.9 Å². The Bertz CT molecular complexity index is 1440. The number of nitrogens with one attached hydrogen (secondary N) is 1. The number of anilines is 1. The summed E-state index contributed by atoms with van der Waals surface area (Å²) in [7, 11) is 0. The monoisotopic (exact) mass is 451 g/mol. The second kappa shape index (κ2) is 9.15. The van der Waals surface area contributed by atoms with E-state index in [1.807, 2.05) is 67.6 Å². The van der Waals surface area contributed by atoms with Gasteiger partial charge in [0.25, 0.3) is 5.91 Å². The van der Waals surface area contributed by atoms with Gasteiger partial charge in [-0.2, -0.15) is 10.2 Å². The SMILES string of the molecule is Cc1c(C(=O)Nc2cnn(Cc3ccccc3F)c2)c(-c2ccccc2)nn1-c1ccccc1. The Morgan fingerprint density at radius 1 is 0.941 bits per heavy atom. The number of carbonyl (C=O) groups excluding carboxylic acids is 1. The third kappa shape index (κ3) is 4.23. The molecule has 0 fully saturated rings. The molecule has 0 aliphatic carbocycles. The Kier molecular flexibility index (Phi) is 5.74. The van der Waals surface area contributed by atoms with E-state index >= 15 is 0 Å². The minimum Gasteiger partial charge on any atom is -0.319 e. The molecule has 5 rings (SSSR count). The fraction of sp³-hybridized carbons (Fsp3) is 0.0741. The van der Waals surface area contributed by atoms with Crippen molar-refractivity contribution >= 4 is 11.6 Å². The zero-order valence-corrected chi connectivity index (χ0v) is 18.5. The van der Waals surface area contributed by atoms with E-state index in [1.54, 1.807) is 40.0 Å². The van der Waals surface area contributed by atoms with Crippen molar-refractivity contribution in [3.05, 3.63) is 120 Å². The topological polar surface area (TPSA) is 64.7 Å². The highest BCUT2D eigenvalue weighted by Crippen LogP contribution is 2.28. The van der Waals surface area contributed by atoms with E-state index in [0.29, 0.717) is 22.5 Å². The van der Waals surface area contributed by atoms with Crippen LogP contribution in [0.3, 0.4) is 0 Å². The van der Waals surface area contributed by atoms with Crippen molar-refractivity contribution in [1.29, 1.82) is 0 Å². The molecule has 0 saturated heterocycles. The van der Waals surface area contributed by atoms with Gasteiger partial charge in [0, 0.05) is 17.3 Å². The highest BCUT2D eigenvalue weighted by molar-refractivity contribution is 6.09. The number of benzene rings is 3. The minimum atomic E-state index is -0.292. The number of halogens is 1. The number of hydrogen-bond acceptors (Lipinski definition) is 3. The molecule has 1 amide bonds. The Morgan fingerprint density at radius 2 is 1.62 bits per heavy atom. The van der Waals surface area contributed by atoms with E-state index in [2.05, 4.69) is 10.4 Å². The van der Waals surface area contributed by atoms with Crippen LogP contribution < -0.4 is 5.32 Å². The Morgan fingerprint density at radius 3 is 2.35 bits per heavy atom. The summed E-state index contributed by atoms with van der Waals surface area (Å²) >= 11 is 0. The van der Waals surface area contributed by atoms with Gasteiger partial charge < -0.3 is 5.32 Å². The number of para-hydroxylation sites is 1. The first kappa shape index (κ1) is 21.3. The molecule has 5 aromatic rings. The summed E-state index contributed by atoms with van der Waals surface area (Å²) in [4.78, 5) is 13.4. The zero-order valence-electron chi connectivity index (χ0n) is 18.5. The predicted molar refractivity (Wildman–Crippen MR) is 129 cm³/mol. The molecule has 2 heterocycles.